The zero-order valence-corrected chi connectivity index (χ0v) is 30.3. The van der Waals surface area contributed by atoms with Crippen LogP contribution >= 0.6 is 0 Å². The molecule has 10 aromatic carbocycles. The molecule has 0 N–H and O–H groups in total. The molecule has 0 radical (unpaired) electrons. The maximum Gasteiger partial charge on any atom is 0.143 e. The minimum absolute atomic E-state index is 0.106. The average molecular weight is 718 g/mol. The molecule has 11 rings (SSSR count). The van der Waals surface area contributed by atoms with E-state index in [1.54, 1.807) is 0 Å². The van der Waals surface area contributed by atoms with Crippen LogP contribution in [0.2, 0.25) is 0 Å². The number of furan rings is 1. The Morgan fingerprint density at radius 2 is 0.929 bits per heavy atom. The van der Waals surface area contributed by atoms with Gasteiger partial charge in [0.05, 0.1) is 11.2 Å². The normalized spacial score (nSPS) is 12.6. The van der Waals surface area contributed by atoms with Gasteiger partial charge in [-0.2, -0.15) is 0 Å². The fourth-order valence-electron chi connectivity index (χ4n) is 8.14. The van der Waals surface area contributed by atoms with E-state index in [4.69, 9.17) is 4.42 Å². The third-order valence-corrected chi connectivity index (χ3v) is 10.9. The van der Waals surface area contributed by atoms with Gasteiger partial charge in [0.15, 0.2) is 0 Å². The van der Waals surface area contributed by atoms with Crippen LogP contribution < -0.4 is 4.90 Å². The Kier molecular flexibility index (Phi) is 6.60. The van der Waals surface area contributed by atoms with Gasteiger partial charge in [-0.1, -0.05) is 158 Å². The monoisotopic (exact) mass is 717 g/mol. The zero-order chi connectivity index (χ0) is 40.5. The summed E-state index contributed by atoms with van der Waals surface area (Å²) in [4.78, 5) is 1.90. The average Bonchev–Trinajstić information content (AvgIpc) is 3.70. The van der Waals surface area contributed by atoms with Crippen molar-refractivity contribution < 1.29 is 9.90 Å². The van der Waals surface area contributed by atoms with E-state index in [-0.39, 0.29) is 35.4 Å². The molecule has 0 atom stereocenters. The highest BCUT2D eigenvalue weighted by atomic mass is 16.3. The molecule has 11 aromatic rings. The third kappa shape index (κ3) is 5.42. The highest BCUT2D eigenvalue weighted by Gasteiger charge is 2.22. The van der Waals surface area contributed by atoms with Crippen LogP contribution in [0.3, 0.4) is 0 Å². The first kappa shape index (κ1) is 28.1. The van der Waals surface area contributed by atoms with Gasteiger partial charge in [0.25, 0.3) is 0 Å². The summed E-state index contributed by atoms with van der Waals surface area (Å²) in [6.45, 7) is 0. The van der Waals surface area contributed by atoms with E-state index in [1.165, 1.54) is 5.39 Å². The molecule has 0 unspecified atom stereocenters. The molecule has 262 valence electrons. The Morgan fingerprint density at radius 1 is 0.375 bits per heavy atom. The van der Waals surface area contributed by atoms with E-state index in [0.717, 1.165) is 71.1 Å². The highest BCUT2D eigenvalue weighted by molar-refractivity contribution is 6.22. The molecule has 0 bridgehead atoms. The van der Waals surface area contributed by atoms with E-state index in [1.807, 2.05) is 120 Å². The van der Waals surface area contributed by atoms with Crippen molar-refractivity contribution in [2.75, 3.05) is 4.90 Å². The molecular formula is C54H35NO. The molecule has 0 aliphatic carbocycles. The van der Waals surface area contributed by atoms with E-state index in [0.29, 0.717) is 16.9 Å². The standard InChI is InChI=1S/C54H35NO/c1-3-13-40-33-42(23-21-36(40)11-1)38-25-29-45(30-26-38)55(46-31-27-39(28-32-46)43-24-22-37-12-2-4-14-41(37)34-43)51-19-9-7-17-48(51)50-35-44-15-5-6-16-47(44)54-53(50)49-18-8-10-20-52(49)56-54/h1-35H/i25D,26D,29D,30D. The Balaban J connectivity index is 1.16. The lowest BCUT2D eigenvalue weighted by atomic mass is 9.93. The smallest absolute Gasteiger partial charge is 0.143 e. The lowest BCUT2D eigenvalue weighted by Gasteiger charge is -2.28. The van der Waals surface area contributed by atoms with Gasteiger partial charge in [-0.05, 0) is 109 Å². The number of benzene rings is 10. The number of hydrogen-bond donors (Lipinski definition) is 0. The molecular weight excluding hydrogens is 679 g/mol. The molecule has 2 nitrogen and oxygen atoms in total. The molecule has 0 amide bonds. The molecule has 56 heavy (non-hydrogen) atoms. The topological polar surface area (TPSA) is 16.4 Å². The predicted molar refractivity (Wildman–Crippen MR) is 237 cm³/mol. The van der Waals surface area contributed by atoms with Gasteiger partial charge in [0, 0.05) is 33.1 Å². The van der Waals surface area contributed by atoms with Crippen LogP contribution in [0, 0.1) is 0 Å². The SMILES string of the molecule is [2H]c1c([2H])c(N(c2ccc(-c3ccc4ccccc4c3)cc2)c2ccccc2-c2cc3ccccc3c3oc4ccccc4c23)c([2H])c([2H])c1-c1ccc2ccccc2c1. The summed E-state index contributed by atoms with van der Waals surface area (Å²) in [7, 11) is 0. The first-order valence-corrected chi connectivity index (χ1v) is 18.8. The van der Waals surface area contributed by atoms with Crippen LogP contribution in [-0.4, -0.2) is 0 Å². The molecule has 0 spiro atoms. The molecule has 0 fully saturated rings. The van der Waals surface area contributed by atoms with Crippen molar-refractivity contribution in [3.05, 3.63) is 212 Å². The summed E-state index contributed by atoms with van der Waals surface area (Å²) in [5.41, 5.74) is 7.91. The molecule has 0 aliphatic rings. The fourth-order valence-corrected chi connectivity index (χ4v) is 8.14. The molecule has 0 aliphatic heterocycles. The van der Waals surface area contributed by atoms with Crippen LogP contribution in [0.25, 0.3) is 87.6 Å². The van der Waals surface area contributed by atoms with Crippen molar-refractivity contribution in [2.45, 2.75) is 0 Å². The van der Waals surface area contributed by atoms with E-state index >= 15 is 0 Å². The largest absolute Gasteiger partial charge is 0.455 e. The van der Waals surface area contributed by atoms with Crippen LogP contribution in [0.4, 0.5) is 17.1 Å². The van der Waals surface area contributed by atoms with Crippen molar-refractivity contribution in [2.24, 2.45) is 0 Å². The number of fused-ring (bicyclic) bond motifs is 7. The van der Waals surface area contributed by atoms with Crippen LogP contribution in [0.15, 0.2) is 217 Å². The molecule has 0 saturated heterocycles. The van der Waals surface area contributed by atoms with Gasteiger partial charge in [-0.15, -0.1) is 0 Å². The lowest BCUT2D eigenvalue weighted by molar-refractivity contribution is 0.673. The summed E-state index contributed by atoms with van der Waals surface area (Å²) in [5, 5.41) is 8.30. The van der Waals surface area contributed by atoms with E-state index in [2.05, 4.69) is 72.8 Å². The first-order chi connectivity index (χ1) is 29.4. The maximum absolute atomic E-state index is 9.72. The Labute approximate surface area is 330 Å². The Morgan fingerprint density at radius 3 is 1.64 bits per heavy atom. The van der Waals surface area contributed by atoms with Crippen LogP contribution in [0.1, 0.15) is 5.48 Å². The minimum Gasteiger partial charge on any atom is -0.455 e. The van der Waals surface area contributed by atoms with Gasteiger partial charge in [0.2, 0.25) is 0 Å². The number of anilines is 3. The second kappa shape index (κ2) is 13.2. The summed E-state index contributed by atoms with van der Waals surface area (Å²) in [6, 6.07) is 62.7. The summed E-state index contributed by atoms with van der Waals surface area (Å²) >= 11 is 0. The van der Waals surface area contributed by atoms with Crippen molar-refractivity contribution >= 4 is 71.3 Å². The van der Waals surface area contributed by atoms with Crippen LogP contribution in [0.5, 0.6) is 0 Å². The minimum atomic E-state index is -0.134. The third-order valence-electron chi connectivity index (χ3n) is 10.9. The molecule has 2 heteroatoms. The molecule has 0 saturated carbocycles. The van der Waals surface area contributed by atoms with Crippen molar-refractivity contribution in [3.8, 4) is 33.4 Å². The van der Waals surface area contributed by atoms with Gasteiger partial charge >= 0.3 is 0 Å². The van der Waals surface area contributed by atoms with Gasteiger partial charge in [-0.25, -0.2) is 0 Å². The maximum atomic E-state index is 9.72. The zero-order valence-electron chi connectivity index (χ0n) is 34.3. The quantitative estimate of drug-likeness (QED) is 0.170. The molecule has 1 aromatic heterocycles. The first-order valence-electron chi connectivity index (χ1n) is 20.8. The van der Waals surface area contributed by atoms with E-state index in [9.17, 15) is 5.48 Å². The molecule has 1 heterocycles. The number of para-hydroxylation sites is 2. The Bertz CT molecular complexity index is 3470. The summed E-state index contributed by atoms with van der Waals surface area (Å²) in [5.74, 6) is 0. The second-order valence-electron chi connectivity index (χ2n) is 14.2. The number of hydrogen-bond acceptors (Lipinski definition) is 2. The number of nitrogens with zero attached hydrogens (tertiary/aromatic N) is 1. The van der Waals surface area contributed by atoms with Crippen LogP contribution in [-0.2, 0) is 0 Å². The van der Waals surface area contributed by atoms with E-state index < -0.39 is 0 Å². The predicted octanol–water partition coefficient (Wildman–Crippen LogP) is 15.5. The number of rotatable bonds is 6. The fraction of sp³-hybridized carbons (Fsp3) is 0. The summed E-state index contributed by atoms with van der Waals surface area (Å²) in [6.07, 6.45) is 0. The van der Waals surface area contributed by atoms with Gasteiger partial charge in [-0.3, -0.25) is 0 Å². The lowest BCUT2D eigenvalue weighted by Crippen LogP contribution is -2.11. The summed E-state index contributed by atoms with van der Waals surface area (Å²) < 4.78 is 45.1. The van der Waals surface area contributed by atoms with Crippen molar-refractivity contribution in [1.82, 2.24) is 0 Å². The van der Waals surface area contributed by atoms with Gasteiger partial charge in [0.1, 0.15) is 11.2 Å². The van der Waals surface area contributed by atoms with Crippen molar-refractivity contribution in [3.63, 3.8) is 0 Å². The second-order valence-corrected chi connectivity index (χ2v) is 14.2. The van der Waals surface area contributed by atoms with Gasteiger partial charge < -0.3 is 9.32 Å². The van der Waals surface area contributed by atoms with Crippen molar-refractivity contribution in [1.29, 1.82) is 0 Å². The Hall–Kier alpha value is -7.42. The highest BCUT2D eigenvalue weighted by Crippen LogP contribution is 2.47.